The smallest absolute Gasteiger partial charge is 0.0738 e. The molecule has 3 heteroatoms. The first-order valence-corrected chi connectivity index (χ1v) is 7.10. The third-order valence-corrected chi connectivity index (χ3v) is 11.3. The van der Waals surface area contributed by atoms with E-state index in [4.69, 9.17) is 0 Å². The second-order valence-electron chi connectivity index (χ2n) is 3.76. The molecule has 3 aliphatic carbocycles. The summed E-state index contributed by atoms with van der Waals surface area (Å²) in [4.78, 5) is 0. The Kier molecular flexibility index (Phi) is 1.59. The average Bonchev–Trinajstić information content (AvgIpc) is 1.99. The molecular formula is C8H7I3. The van der Waals surface area contributed by atoms with Crippen molar-refractivity contribution in [2.75, 3.05) is 0 Å². The zero-order valence-corrected chi connectivity index (χ0v) is 12.3. The van der Waals surface area contributed by atoms with Crippen LogP contribution >= 0.6 is 67.8 Å². The number of allylic oxidation sites excluding steroid dienone is 2. The Hall–Kier alpha value is 1.93. The van der Waals surface area contributed by atoms with E-state index >= 15 is 0 Å². The molecule has 0 spiro atoms. The van der Waals surface area contributed by atoms with Crippen LogP contribution in [0.4, 0.5) is 0 Å². The van der Waals surface area contributed by atoms with Gasteiger partial charge in [-0.05, 0) is 41.4 Å². The predicted molar refractivity (Wildman–Crippen MR) is 71.8 cm³/mol. The Labute approximate surface area is 107 Å². The Morgan fingerprint density at radius 2 is 2.18 bits per heavy atom. The van der Waals surface area contributed by atoms with Gasteiger partial charge in [-0.1, -0.05) is 51.3 Å². The summed E-state index contributed by atoms with van der Waals surface area (Å²) in [5.74, 6) is 1.99. The summed E-state index contributed by atoms with van der Waals surface area (Å²) < 4.78 is 2.86. The highest BCUT2D eigenvalue weighted by atomic mass is 127. The average molecular weight is 484 g/mol. The Morgan fingerprint density at radius 1 is 1.45 bits per heavy atom. The maximum Gasteiger partial charge on any atom is 0.0738 e. The molecule has 0 nitrogen and oxygen atoms in total. The van der Waals surface area contributed by atoms with E-state index in [9.17, 15) is 0 Å². The number of alkyl halides is 2. The van der Waals surface area contributed by atoms with E-state index in [1.54, 1.807) is 3.58 Å². The molecule has 0 amide bonds. The summed E-state index contributed by atoms with van der Waals surface area (Å²) in [6, 6.07) is 0. The molecule has 4 atom stereocenters. The number of hydrogen-bond donors (Lipinski definition) is 0. The lowest BCUT2D eigenvalue weighted by Gasteiger charge is -2.74. The molecule has 0 aromatic carbocycles. The van der Waals surface area contributed by atoms with Gasteiger partial charge in [0, 0.05) is 12.9 Å². The van der Waals surface area contributed by atoms with Crippen molar-refractivity contribution in [3.63, 3.8) is 0 Å². The quantitative estimate of drug-likeness (QED) is 0.364. The molecule has 11 heavy (non-hydrogen) atoms. The van der Waals surface area contributed by atoms with Crippen molar-refractivity contribution in [3.05, 3.63) is 9.66 Å². The first-order chi connectivity index (χ1) is 5.11. The zero-order valence-electron chi connectivity index (χ0n) is 5.78. The van der Waals surface area contributed by atoms with Crippen molar-refractivity contribution in [1.82, 2.24) is 0 Å². The van der Waals surface area contributed by atoms with Crippen LogP contribution in [0.5, 0.6) is 0 Å². The van der Waals surface area contributed by atoms with Gasteiger partial charge < -0.3 is 0 Å². The molecule has 3 rings (SSSR count). The van der Waals surface area contributed by atoms with E-state index < -0.39 is 0 Å². The van der Waals surface area contributed by atoms with Gasteiger partial charge in [0.25, 0.3) is 0 Å². The lowest BCUT2D eigenvalue weighted by atomic mass is 9.43. The monoisotopic (exact) mass is 484 g/mol. The fraction of sp³-hybridized carbons (Fsp3) is 0.750. The molecule has 3 aliphatic rings. The van der Waals surface area contributed by atoms with Crippen LogP contribution in [0.3, 0.4) is 0 Å². The third-order valence-electron chi connectivity index (χ3n) is 3.58. The van der Waals surface area contributed by atoms with Crippen molar-refractivity contribution < 1.29 is 0 Å². The molecule has 0 aromatic rings. The van der Waals surface area contributed by atoms with Gasteiger partial charge in [0.2, 0.25) is 0 Å². The van der Waals surface area contributed by atoms with E-state index in [1.165, 1.54) is 12.8 Å². The molecule has 0 N–H and O–H groups in total. The van der Waals surface area contributed by atoms with Gasteiger partial charge in [-0.3, -0.25) is 0 Å². The molecule has 0 saturated heterocycles. The van der Waals surface area contributed by atoms with Crippen molar-refractivity contribution in [3.8, 4) is 0 Å². The summed E-state index contributed by atoms with van der Waals surface area (Å²) in [5, 5.41) is 0. The van der Waals surface area contributed by atoms with Gasteiger partial charge >= 0.3 is 0 Å². The first-order valence-electron chi connectivity index (χ1n) is 3.86. The van der Waals surface area contributed by atoms with Crippen molar-refractivity contribution >= 4 is 67.8 Å². The molecule has 4 unspecified atom stereocenters. The van der Waals surface area contributed by atoms with Gasteiger partial charge in [0.15, 0.2) is 0 Å². The maximum absolute atomic E-state index is 2.71. The SMILES string of the molecule is IC1=CC2C3CCC3(I)C12I. The lowest BCUT2D eigenvalue weighted by Crippen LogP contribution is -2.77. The standard InChI is InChI=1S/C8H7I3/c9-6-3-5-4-1-2-7(4,10)8(5,6)11/h3-5H,1-2H2. The van der Waals surface area contributed by atoms with Crippen molar-refractivity contribution in [1.29, 1.82) is 0 Å². The molecule has 0 bridgehead atoms. The molecule has 60 valence electrons. The fourth-order valence-corrected chi connectivity index (χ4v) is 7.58. The molecule has 0 radical (unpaired) electrons. The summed E-state index contributed by atoms with van der Waals surface area (Å²) in [6.07, 6.45) is 5.42. The van der Waals surface area contributed by atoms with E-state index in [-0.39, 0.29) is 0 Å². The van der Waals surface area contributed by atoms with Gasteiger partial charge in [-0.25, -0.2) is 0 Å². The molecular weight excluding hydrogens is 477 g/mol. The Bertz CT molecular complexity index is 273. The van der Waals surface area contributed by atoms with Gasteiger partial charge in [0.05, 0.1) is 3.42 Å². The van der Waals surface area contributed by atoms with Crippen LogP contribution in [0.1, 0.15) is 12.8 Å². The first kappa shape index (κ1) is 8.26. The van der Waals surface area contributed by atoms with Crippen LogP contribution in [0.2, 0.25) is 0 Å². The number of rotatable bonds is 0. The van der Waals surface area contributed by atoms with E-state index in [0.29, 0.717) is 6.84 Å². The summed E-state index contributed by atoms with van der Waals surface area (Å²) in [6.45, 7) is 0. The second kappa shape index (κ2) is 2.12. The Balaban J connectivity index is 2.08. The van der Waals surface area contributed by atoms with Crippen molar-refractivity contribution in [2.24, 2.45) is 11.8 Å². The summed E-state index contributed by atoms with van der Waals surface area (Å²) in [7, 11) is 0. The highest BCUT2D eigenvalue weighted by Gasteiger charge is 2.77. The van der Waals surface area contributed by atoms with Crippen LogP contribution in [0, 0.1) is 11.8 Å². The van der Waals surface area contributed by atoms with Crippen LogP contribution < -0.4 is 0 Å². The van der Waals surface area contributed by atoms with Gasteiger partial charge in [-0.15, -0.1) is 0 Å². The zero-order chi connectivity index (χ0) is 7.85. The third kappa shape index (κ3) is 0.638. The van der Waals surface area contributed by atoms with E-state index in [1.807, 2.05) is 0 Å². The highest BCUT2D eigenvalue weighted by Crippen LogP contribution is 2.79. The fourth-order valence-electron chi connectivity index (χ4n) is 2.71. The molecule has 2 saturated carbocycles. The summed E-state index contributed by atoms with van der Waals surface area (Å²) in [5.41, 5.74) is 0. The number of hydrogen-bond acceptors (Lipinski definition) is 0. The number of halogens is 3. The largest absolute Gasteiger partial charge is 0.0767 e. The van der Waals surface area contributed by atoms with Crippen molar-refractivity contribution in [2.45, 2.75) is 19.7 Å². The topological polar surface area (TPSA) is 0 Å². The molecule has 2 fully saturated rings. The van der Waals surface area contributed by atoms with Gasteiger partial charge in [0.1, 0.15) is 0 Å². The predicted octanol–water partition coefficient (Wildman–Crippen LogP) is 3.71. The minimum atomic E-state index is 0.578. The minimum Gasteiger partial charge on any atom is -0.0767 e. The van der Waals surface area contributed by atoms with Crippen LogP contribution in [0.15, 0.2) is 9.66 Å². The molecule has 0 aliphatic heterocycles. The lowest BCUT2D eigenvalue weighted by molar-refractivity contribution is 0.0139. The van der Waals surface area contributed by atoms with Crippen LogP contribution in [0.25, 0.3) is 0 Å². The minimum absolute atomic E-state index is 0.578. The van der Waals surface area contributed by atoms with Crippen LogP contribution in [-0.4, -0.2) is 6.84 Å². The normalized spacial score (nSPS) is 64.5. The second-order valence-corrected chi connectivity index (χ2v) is 8.55. The van der Waals surface area contributed by atoms with Crippen LogP contribution in [-0.2, 0) is 0 Å². The highest BCUT2D eigenvalue weighted by molar-refractivity contribution is 14.1. The van der Waals surface area contributed by atoms with E-state index in [0.717, 1.165) is 11.8 Å². The number of fused-ring (bicyclic) bond motifs is 4. The van der Waals surface area contributed by atoms with Gasteiger partial charge in [-0.2, -0.15) is 0 Å². The Morgan fingerprint density at radius 3 is 2.45 bits per heavy atom. The maximum atomic E-state index is 2.71. The van der Waals surface area contributed by atoms with E-state index in [2.05, 4.69) is 73.8 Å². The molecule has 0 heterocycles. The molecule has 0 aromatic heterocycles. The summed E-state index contributed by atoms with van der Waals surface area (Å²) >= 11 is 7.92.